The third-order valence-corrected chi connectivity index (χ3v) is 4.72. The Hall–Kier alpha value is -3.10. The van der Waals surface area contributed by atoms with Gasteiger partial charge in [0.15, 0.2) is 5.82 Å². The molecule has 9 heteroatoms. The molecular formula is C19H21F2N5O2. The Balaban J connectivity index is 1.86. The van der Waals surface area contributed by atoms with Gasteiger partial charge < -0.3 is 15.6 Å². The quantitative estimate of drug-likeness (QED) is 0.706. The van der Waals surface area contributed by atoms with Crippen LogP contribution in [0.15, 0.2) is 39.9 Å². The number of amides is 1. The van der Waals surface area contributed by atoms with Gasteiger partial charge in [-0.05, 0) is 37.0 Å². The van der Waals surface area contributed by atoms with Crippen LogP contribution in [0.5, 0.6) is 0 Å². The lowest BCUT2D eigenvalue weighted by Crippen LogP contribution is -2.22. The molecule has 1 heterocycles. The fourth-order valence-corrected chi connectivity index (χ4v) is 3.02. The maximum absolute atomic E-state index is 13.2. The van der Waals surface area contributed by atoms with Crippen LogP contribution in [-0.4, -0.2) is 41.8 Å². The van der Waals surface area contributed by atoms with E-state index in [0.29, 0.717) is 5.82 Å². The SMILES string of the molecule is CNC(=O)CN=C(/C=C(\N)c1nc(C2(c3ccccc3C)CC2)no1)C(F)F. The summed E-state index contributed by atoms with van der Waals surface area (Å²) in [6, 6.07) is 7.96. The topological polar surface area (TPSA) is 106 Å². The van der Waals surface area contributed by atoms with Gasteiger partial charge in [0, 0.05) is 7.05 Å². The van der Waals surface area contributed by atoms with E-state index in [-0.39, 0.29) is 17.0 Å². The van der Waals surface area contributed by atoms with Gasteiger partial charge in [-0.25, -0.2) is 8.78 Å². The Bertz CT molecular complexity index is 932. The van der Waals surface area contributed by atoms with Gasteiger partial charge in [0.05, 0.1) is 11.1 Å². The number of allylic oxidation sites excluding steroid dienone is 1. The molecule has 1 amide bonds. The first-order valence-electron chi connectivity index (χ1n) is 8.78. The highest BCUT2D eigenvalue weighted by Gasteiger charge is 2.50. The van der Waals surface area contributed by atoms with E-state index in [1.165, 1.54) is 7.05 Å². The zero-order chi connectivity index (χ0) is 20.3. The number of likely N-dealkylation sites (N-methyl/N-ethyl adjacent to an activating group) is 1. The molecule has 28 heavy (non-hydrogen) atoms. The number of alkyl halides is 2. The van der Waals surface area contributed by atoms with Crippen LogP contribution in [0, 0.1) is 6.92 Å². The molecule has 0 unspecified atom stereocenters. The fourth-order valence-electron chi connectivity index (χ4n) is 3.02. The Morgan fingerprint density at radius 3 is 2.75 bits per heavy atom. The van der Waals surface area contributed by atoms with Crippen molar-refractivity contribution in [3.8, 4) is 0 Å². The number of aryl methyl sites for hydroxylation is 1. The number of hydrogen-bond donors (Lipinski definition) is 2. The second-order valence-electron chi connectivity index (χ2n) is 6.63. The third-order valence-electron chi connectivity index (χ3n) is 4.72. The minimum absolute atomic E-state index is 0.0526. The van der Waals surface area contributed by atoms with Crippen LogP contribution < -0.4 is 11.1 Å². The van der Waals surface area contributed by atoms with Crippen LogP contribution in [-0.2, 0) is 10.2 Å². The van der Waals surface area contributed by atoms with E-state index in [4.69, 9.17) is 10.3 Å². The summed E-state index contributed by atoms with van der Waals surface area (Å²) in [6.07, 6.45) is -0.197. The predicted molar refractivity (Wildman–Crippen MR) is 100 cm³/mol. The molecule has 148 valence electrons. The smallest absolute Gasteiger partial charge is 0.280 e. The Kier molecular flexibility index (Phi) is 5.53. The number of halogens is 2. The molecular weight excluding hydrogens is 368 g/mol. The number of rotatable bonds is 7. The molecule has 7 nitrogen and oxygen atoms in total. The maximum Gasteiger partial charge on any atom is 0.280 e. The molecule has 1 saturated carbocycles. The molecule has 2 aromatic rings. The molecule has 1 aliphatic carbocycles. The van der Waals surface area contributed by atoms with Crippen LogP contribution in [0.3, 0.4) is 0 Å². The third kappa shape index (κ3) is 3.92. The zero-order valence-electron chi connectivity index (χ0n) is 15.6. The van der Waals surface area contributed by atoms with E-state index in [0.717, 1.165) is 30.0 Å². The lowest BCUT2D eigenvalue weighted by Gasteiger charge is -2.13. The van der Waals surface area contributed by atoms with Crippen molar-refractivity contribution in [2.45, 2.75) is 31.6 Å². The van der Waals surface area contributed by atoms with E-state index < -0.39 is 24.6 Å². The van der Waals surface area contributed by atoms with E-state index in [2.05, 4.69) is 20.4 Å². The van der Waals surface area contributed by atoms with Crippen molar-refractivity contribution in [2.75, 3.05) is 13.6 Å². The number of carbonyl (C=O) groups is 1. The van der Waals surface area contributed by atoms with Crippen molar-refractivity contribution in [1.82, 2.24) is 15.5 Å². The number of hydrogen-bond acceptors (Lipinski definition) is 6. The van der Waals surface area contributed by atoms with Gasteiger partial charge in [-0.2, -0.15) is 4.98 Å². The van der Waals surface area contributed by atoms with Crippen molar-refractivity contribution in [3.63, 3.8) is 0 Å². The first kappa shape index (κ1) is 19.7. The van der Waals surface area contributed by atoms with Gasteiger partial charge >= 0.3 is 0 Å². The molecule has 0 spiro atoms. The summed E-state index contributed by atoms with van der Waals surface area (Å²) < 4.78 is 31.5. The zero-order valence-corrected chi connectivity index (χ0v) is 15.6. The molecule has 3 rings (SSSR count). The summed E-state index contributed by atoms with van der Waals surface area (Å²) in [7, 11) is 1.40. The van der Waals surface area contributed by atoms with E-state index >= 15 is 0 Å². The Labute approximate surface area is 160 Å². The van der Waals surface area contributed by atoms with Crippen LogP contribution >= 0.6 is 0 Å². The highest BCUT2D eigenvalue weighted by atomic mass is 19.3. The second kappa shape index (κ2) is 7.87. The largest absolute Gasteiger partial charge is 0.394 e. The van der Waals surface area contributed by atoms with Crippen LogP contribution in [0.25, 0.3) is 5.70 Å². The summed E-state index contributed by atoms with van der Waals surface area (Å²) >= 11 is 0. The molecule has 0 aliphatic heterocycles. The Morgan fingerprint density at radius 1 is 1.43 bits per heavy atom. The normalized spacial score (nSPS) is 16.3. The summed E-state index contributed by atoms with van der Waals surface area (Å²) in [5.41, 5.74) is 7.03. The summed E-state index contributed by atoms with van der Waals surface area (Å²) in [6.45, 7) is 1.59. The molecule has 0 atom stereocenters. The van der Waals surface area contributed by atoms with Crippen molar-refractivity contribution < 1.29 is 18.1 Å². The first-order chi connectivity index (χ1) is 13.4. The average Bonchev–Trinajstić information content (AvgIpc) is 3.32. The van der Waals surface area contributed by atoms with Crippen molar-refractivity contribution in [2.24, 2.45) is 10.7 Å². The van der Waals surface area contributed by atoms with Gasteiger partial charge in [-0.1, -0.05) is 29.4 Å². The molecule has 1 fully saturated rings. The molecule has 0 saturated heterocycles. The molecule has 0 radical (unpaired) electrons. The number of nitrogens with zero attached hydrogens (tertiary/aromatic N) is 3. The predicted octanol–water partition coefficient (Wildman–Crippen LogP) is 2.21. The van der Waals surface area contributed by atoms with Crippen LogP contribution in [0.2, 0.25) is 0 Å². The molecule has 3 N–H and O–H groups in total. The highest BCUT2D eigenvalue weighted by molar-refractivity contribution is 6.02. The molecule has 0 bridgehead atoms. The van der Waals surface area contributed by atoms with Gasteiger partial charge in [-0.15, -0.1) is 0 Å². The molecule has 1 aromatic heterocycles. The van der Waals surface area contributed by atoms with E-state index in [1.807, 2.05) is 31.2 Å². The number of nitrogens with one attached hydrogen (secondary N) is 1. The highest BCUT2D eigenvalue weighted by Crippen LogP contribution is 2.53. The lowest BCUT2D eigenvalue weighted by atomic mass is 9.91. The second-order valence-corrected chi connectivity index (χ2v) is 6.63. The summed E-state index contributed by atoms with van der Waals surface area (Å²) in [5.74, 6) is -0.0590. The van der Waals surface area contributed by atoms with Crippen molar-refractivity contribution in [1.29, 1.82) is 0 Å². The first-order valence-corrected chi connectivity index (χ1v) is 8.78. The lowest BCUT2D eigenvalue weighted by molar-refractivity contribution is -0.119. The summed E-state index contributed by atoms with van der Waals surface area (Å²) in [5, 5.41) is 6.34. The van der Waals surface area contributed by atoms with Gasteiger partial charge in [-0.3, -0.25) is 9.79 Å². The fraction of sp³-hybridized carbons (Fsp3) is 0.368. The maximum atomic E-state index is 13.2. The number of carbonyl (C=O) groups excluding carboxylic acids is 1. The number of aliphatic imine (C=N–C) groups is 1. The van der Waals surface area contributed by atoms with Crippen LogP contribution in [0.1, 0.15) is 35.7 Å². The van der Waals surface area contributed by atoms with Crippen LogP contribution in [0.4, 0.5) is 8.78 Å². The van der Waals surface area contributed by atoms with Gasteiger partial charge in [0.25, 0.3) is 12.3 Å². The number of aromatic nitrogens is 2. The minimum Gasteiger partial charge on any atom is -0.394 e. The molecule has 1 aromatic carbocycles. The van der Waals surface area contributed by atoms with E-state index in [9.17, 15) is 13.6 Å². The minimum atomic E-state index is -2.90. The summed E-state index contributed by atoms with van der Waals surface area (Å²) in [4.78, 5) is 19.2. The van der Waals surface area contributed by atoms with E-state index in [1.54, 1.807) is 0 Å². The Morgan fingerprint density at radius 2 is 2.14 bits per heavy atom. The number of benzene rings is 1. The monoisotopic (exact) mass is 389 g/mol. The van der Waals surface area contributed by atoms with Crippen molar-refractivity contribution >= 4 is 17.3 Å². The average molecular weight is 389 g/mol. The van der Waals surface area contributed by atoms with Gasteiger partial charge in [0.1, 0.15) is 12.3 Å². The number of nitrogens with two attached hydrogens (primary N) is 1. The standard InChI is InChI=1S/C19H21F2N5O2/c1-11-5-3-4-6-12(11)19(7-8-19)18-25-17(28-26-18)13(22)9-14(16(20)21)24-10-15(27)23-2/h3-6,9,16H,7-8,10,22H2,1-2H3,(H,23,27)/b13-9-,24-14?. The molecule has 1 aliphatic rings. The van der Waals surface area contributed by atoms with Gasteiger partial charge in [0.2, 0.25) is 5.91 Å². The van der Waals surface area contributed by atoms with Crippen molar-refractivity contribution in [3.05, 3.63) is 53.2 Å².